The summed E-state index contributed by atoms with van der Waals surface area (Å²) in [5.41, 5.74) is 3.24. The quantitative estimate of drug-likeness (QED) is 0.624. The van der Waals surface area contributed by atoms with Gasteiger partial charge in [-0.3, -0.25) is 14.8 Å². The Morgan fingerprint density at radius 3 is 2.62 bits per heavy atom. The van der Waals surface area contributed by atoms with E-state index in [1.54, 1.807) is 24.8 Å². The second kappa shape index (κ2) is 9.68. The van der Waals surface area contributed by atoms with E-state index in [0.29, 0.717) is 17.0 Å². The smallest absolute Gasteiger partial charge is 0.257 e. The second-order valence-corrected chi connectivity index (χ2v) is 7.08. The summed E-state index contributed by atoms with van der Waals surface area (Å²) in [6.07, 6.45) is 7.83. The van der Waals surface area contributed by atoms with Crippen molar-refractivity contribution in [2.75, 3.05) is 23.8 Å². The molecule has 2 aromatic heterocycles. The molecular weight excluding hydrogens is 364 g/mol. The molecule has 1 amide bonds. The molecule has 0 saturated heterocycles. The van der Waals surface area contributed by atoms with Gasteiger partial charge in [0.2, 0.25) is 0 Å². The van der Waals surface area contributed by atoms with Gasteiger partial charge < -0.3 is 15.0 Å². The monoisotopic (exact) mass is 390 g/mol. The number of pyridine rings is 2. The highest BCUT2D eigenvalue weighted by molar-refractivity contribution is 6.05. The van der Waals surface area contributed by atoms with E-state index in [1.807, 2.05) is 63.4 Å². The number of carbonyl (C=O) groups excluding carboxylic acids is 1. The molecule has 29 heavy (non-hydrogen) atoms. The number of aromatic nitrogens is 2. The lowest BCUT2D eigenvalue weighted by Gasteiger charge is -2.19. The van der Waals surface area contributed by atoms with Crippen LogP contribution in [0, 0.1) is 0 Å². The molecule has 1 N–H and O–H groups in total. The van der Waals surface area contributed by atoms with Crippen LogP contribution in [0.25, 0.3) is 0 Å². The molecule has 0 unspecified atom stereocenters. The van der Waals surface area contributed by atoms with Crippen LogP contribution >= 0.6 is 0 Å². The largest absolute Gasteiger partial charge is 0.489 e. The summed E-state index contributed by atoms with van der Waals surface area (Å²) in [5, 5.41) is 2.93. The van der Waals surface area contributed by atoms with Crippen LogP contribution in [0.5, 0.6) is 5.75 Å². The molecule has 6 heteroatoms. The summed E-state index contributed by atoms with van der Waals surface area (Å²) in [7, 11) is 1.99. The second-order valence-electron chi connectivity index (χ2n) is 7.08. The van der Waals surface area contributed by atoms with Gasteiger partial charge in [0.25, 0.3) is 5.91 Å². The number of hydrogen-bond donors (Lipinski definition) is 1. The first-order valence-electron chi connectivity index (χ1n) is 9.65. The minimum Gasteiger partial charge on any atom is -0.489 e. The molecule has 0 aliphatic heterocycles. The lowest BCUT2D eigenvalue weighted by molar-refractivity contribution is 0.102. The van der Waals surface area contributed by atoms with Gasteiger partial charge in [0, 0.05) is 32.2 Å². The van der Waals surface area contributed by atoms with Crippen molar-refractivity contribution in [3.8, 4) is 5.75 Å². The SMILES string of the molecule is CC(C)Oc1ccccc1NC(=O)c1cncc(N(C)CCc2ccncc2)c1. The van der Waals surface area contributed by atoms with Crippen LogP contribution in [0.2, 0.25) is 0 Å². The molecule has 0 radical (unpaired) electrons. The Balaban J connectivity index is 1.68. The first-order valence-corrected chi connectivity index (χ1v) is 9.65. The highest BCUT2D eigenvalue weighted by atomic mass is 16.5. The molecule has 150 valence electrons. The summed E-state index contributed by atoms with van der Waals surface area (Å²) >= 11 is 0. The van der Waals surface area contributed by atoms with Crippen molar-refractivity contribution in [2.45, 2.75) is 26.4 Å². The zero-order chi connectivity index (χ0) is 20.6. The van der Waals surface area contributed by atoms with Crippen LogP contribution in [-0.2, 0) is 6.42 Å². The van der Waals surface area contributed by atoms with E-state index < -0.39 is 0 Å². The Labute approximate surface area is 171 Å². The average molecular weight is 390 g/mol. The zero-order valence-electron chi connectivity index (χ0n) is 17.0. The lowest BCUT2D eigenvalue weighted by Crippen LogP contribution is -2.21. The van der Waals surface area contributed by atoms with Gasteiger partial charge in [0.05, 0.1) is 29.2 Å². The van der Waals surface area contributed by atoms with Gasteiger partial charge in [-0.05, 0) is 56.2 Å². The minimum absolute atomic E-state index is 0.0205. The number of hydrogen-bond acceptors (Lipinski definition) is 5. The average Bonchev–Trinajstić information content (AvgIpc) is 2.74. The van der Waals surface area contributed by atoms with Crippen LogP contribution in [0.4, 0.5) is 11.4 Å². The van der Waals surface area contributed by atoms with Crippen LogP contribution in [0.3, 0.4) is 0 Å². The lowest BCUT2D eigenvalue weighted by atomic mass is 10.2. The van der Waals surface area contributed by atoms with Crippen molar-refractivity contribution in [2.24, 2.45) is 0 Å². The number of nitrogens with zero attached hydrogens (tertiary/aromatic N) is 3. The maximum atomic E-state index is 12.8. The Bertz CT molecular complexity index is 944. The highest BCUT2D eigenvalue weighted by Gasteiger charge is 2.13. The molecular formula is C23H26N4O2. The number of carbonyl (C=O) groups is 1. The molecule has 0 atom stereocenters. The van der Waals surface area contributed by atoms with E-state index in [-0.39, 0.29) is 12.0 Å². The zero-order valence-corrected chi connectivity index (χ0v) is 17.0. The van der Waals surface area contributed by atoms with Crippen molar-refractivity contribution >= 4 is 17.3 Å². The van der Waals surface area contributed by atoms with Crippen LogP contribution in [0.1, 0.15) is 29.8 Å². The molecule has 0 aliphatic carbocycles. The number of likely N-dealkylation sites (N-methyl/N-ethyl adjacent to an activating group) is 1. The third-order valence-corrected chi connectivity index (χ3v) is 4.41. The van der Waals surface area contributed by atoms with Gasteiger partial charge >= 0.3 is 0 Å². The van der Waals surface area contributed by atoms with E-state index in [9.17, 15) is 4.79 Å². The molecule has 6 nitrogen and oxygen atoms in total. The fourth-order valence-corrected chi connectivity index (χ4v) is 2.86. The highest BCUT2D eigenvalue weighted by Crippen LogP contribution is 2.25. The first kappa shape index (κ1) is 20.3. The van der Waals surface area contributed by atoms with Gasteiger partial charge in [-0.15, -0.1) is 0 Å². The molecule has 3 rings (SSSR count). The first-order chi connectivity index (χ1) is 14.0. The van der Waals surface area contributed by atoms with Crippen molar-refractivity contribution in [1.29, 1.82) is 0 Å². The van der Waals surface area contributed by atoms with E-state index in [4.69, 9.17) is 4.74 Å². The Kier molecular flexibility index (Phi) is 6.79. The molecule has 0 aliphatic rings. The maximum absolute atomic E-state index is 12.8. The Hall–Kier alpha value is -3.41. The topological polar surface area (TPSA) is 67.3 Å². The minimum atomic E-state index is -0.221. The number of nitrogens with one attached hydrogen (secondary N) is 1. The summed E-state index contributed by atoms with van der Waals surface area (Å²) < 4.78 is 5.78. The normalized spacial score (nSPS) is 10.6. The molecule has 0 spiro atoms. The molecule has 0 fully saturated rings. The van der Waals surface area contributed by atoms with Crippen molar-refractivity contribution in [1.82, 2.24) is 9.97 Å². The summed E-state index contributed by atoms with van der Waals surface area (Å²) in [6.45, 7) is 4.71. The van der Waals surface area contributed by atoms with Crippen molar-refractivity contribution < 1.29 is 9.53 Å². The van der Waals surface area contributed by atoms with Gasteiger partial charge in [-0.25, -0.2) is 0 Å². The van der Waals surface area contributed by atoms with E-state index >= 15 is 0 Å². The molecule has 0 bridgehead atoms. The number of anilines is 2. The Morgan fingerprint density at radius 2 is 1.86 bits per heavy atom. The van der Waals surface area contributed by atoms with Crippen molar-refractivity contribution in [3.63, 3.8) is 0 Å². The van der Waals surface area contributed by atoms with E-state index in [2.05, 4.69) is 20.2 Å². The Morgan fingerprint density at radius 1 is 1.10 bits per heavy atom. The fourth-order valence-electron chi connectivity index (χ4n) is 2.86. The standard InChI is InChI=1S/C23H26N4O2/c1-17(2)29-22-7-5-4-6-21(22)26-23(28)19-14-20(16-25-15-19)27(3)13-10-18-8-11-24-12-9-18/h4-9,11-12,14-17H,10,13H2,1-3H3,(H,26,28). The van der Waals surface area contributed by atoms with Gasteiger partial charge in [-0.1, -0.05) is 12.1 Å². The summed E-state index contributed by atoms with van der Waals surface area (Å²) in [4.78, 5) is 23.1. The molecule has 1 aromatic carbocycles. The van der Waals surface area contributed by atoms with E-state index in [1.165, 1.54) is 5.56 Å². The van der Waals surface area contributed by atoms with Gasteiger partial charge in [-0.2, -0.15) is 0 Å². The van der Waals surface area contributed by atoms with Gasteiger partial charge in [0.1, 0.15) is 5.75 Å². The predicted octanol–water partition coefficient (Wildman–Crippen LogP) is 4.20. The van der Waals surface area contributed by atoms with Crippen LogP contribution < -0.4 is 15.0 Å². The summed E-state index contributed by atoms with van der Waals surface area (Å²) in [5.74, 6) is 0.427. The van der Waals surface area contributed by atoms with Crippen molar-refractivity contribution in [3.05, 3.63) is 78.4 Å². The maximum Gasteiger partial charge on any atom is 0.257 e. The van der Waals surface area contributed by atoms with E-state index in [0.717, 1.165) is 18.7 Å². The molecule has 3 aromatic rings. The molecule has 2 heterocycles. The van der Waals surface area contributed by atoms with Gasteiger partial charge in [0.15, 0.2) is 0 Å². The number of benzene rings is 1. The molecule has 0 saturated carbocycles. The number of ether oxygens (including phenoxy) is 1. The number of para-hydroxylation sites is 2. The van der Waals surface area contributed by atoms with Crippen LogP contribution in [-0.4, -0.2) is 35.6 Å². The third-order valence-electron chi connectivity index (χ3n) is 4.41. The van der Waals surface area contributed by atoms with Crippen LogP contribution in [0.15, 0.2) is 67.3 Å². The number of rotatable bonds is 8. The third kappa shape index (κ3) is 5.78. The summed E-state index contributed by atoms with van der Waals surface area (Å²) in [6, 6.07) is 13.3. The predicted molar refractivity (Wildman–Crippen MR) is 116 cm³/mol. The fraction of sp³-hybridized carbons (Fsp3) is 0.261. The number of amides is 1.